The van der Waals surface area contributed by atoms with Crippen LogP contribution < -0.4 is 32.3 Å². The van der Waals surface area contributed by atoms with Crippen LogP contribution in [-0.4, -0.2) is 112 Å². The van der Waals surface area contributed by atoms with Gasteiger partial charge in [0.1, 0.15) is 18.1 Å². The number of aliphatic hydroxyl groups is 2. The molecule has 0 fully saturated rings. The molecule has 5 amide bonds. The van der Waals surface area contributed by atoms with Crippen LogP contribution in [-0.2, 0) is 33.6 Å². The number of aliphatic carboxylic acids is 2. The third-order valence-corrected chi connectivity index (χ3v) is 4.57. The van der Waals surface area contributed by atoms with Crippen LogP contribution in [0, 0.1) is 5.92 Å². The summed E-state index contributed by atoms with van der Waals surface area (Å²) in [5.74, 6) is -7.62. The van der Waals surface area contributed by atoms with Gasteiger partial charge in [0, 0.05) is 0 Å². The van der Waals surface area contributed by atoms with Gasteiger partial charge >= 0.3 is 11.9 Å². The second-order valence-electron chi connectivity index (χ2n) is 8.27. The van der Waals surface area contributed by atoms with Gasteiger partial charge in [-0.1, -0.05) is 13.8 Å². The zero-order valence-electron chi connectivity index (χ0n) is 20.4. The Morgan fingerprint density at radius 2 is 1.24 bits per heavy atom. The second-order valence-corrected chi connectivity index (χ2v) is 8.27. The third-order valence-electron chi connectivity index (χ3n) is 4.57. The van der Waals surface area contributed by atoms with Crippen molar-refractivity contribution in [2.24, 2.45) is 11.7 Å². The summed E-state index contributed by atoms with van der Waals surface area (Å²) < 4.78 is 0. The molecule has 0 aliphatic rings. The van der Waals surface area contributed by atoms with E-state index in [2.05, 4.69) is 21.3 Å². The summed E-state index contributed by atoms with van der Waals surface area (Å²) in [7, 11) is 0. The van der Waals surface area contributed by atoms with E-state index in [9.17, 15) is 38.7 Å². The van der Waals surface area contributed by atoms with E-state index in [1.807, 2.05) is 5.32 Å². The van der Waals surface area contributed by atoms with Crippen LogP contribution in [0.3, 0.4) is 0 Å². The zero-order chi connectivity index (χ0) is 28.7. The average molecular weight is 535 g/mol. The number of carbonyl (C=O) groups excluding carboxylic acids is 5. The van der Waals surface area contributed by atoms with E-state index in [4.69, 9.17) is 21.1 Å². The standard InChI is InChI=1S/C20H34N6O11/c1-9(2)3-10(21)17(33)25-11(4-16(31)32)19(35)26-12(7-27)18(34)23-5-14(29)22-6-15(30)24-13(8-28)20(36)37/h9-13,27-28H,3-8,21H2,1-2H3,(H,22,29)(H,23,34)(H,24,30)(H,25,33)(H,26,35)(H,31,32)(H,36,37). The lowest BCUT2D eigenvalue weighted by Crippen LogP contribution is -2.57. The Hall–Kier alpha value is -3.83. The maximum absolute atomic E-state index is 12.5. The van der Waals surface area contributed by atoms with Crippen molar-refractivity contribution in [2.45, 2.75) is 50.9 Å². The number of aliphatic hydroxyl groups excluding tert-OH is 2. The Labute approximate surface area is 211 Å². The molecule has 210 valence electrons. The maximum atomic E-state index is 12.5. The molecule has 11 N–H and O–H groups in total. The lowest BCUT2D eigenvalue weighted by Gasteiger charge is -2.22. The van der Waals surface area contributed by atoms with E-state index in [0.29, 0.717) is 0 Å². The number of nitrogens with one attached hydrogen (secondary N) is 5. The van der Waals surface area contributed by atoms with Crippen LogP contribution in [0.1, 0.15) is 26.7 Å². The number of carbonyl (C=O) groups is 7. The van der Waals surface area contributed by atoms with Crippen molar-refractivity contribution in [3.63, 3.8) is 0 Å². The molecule has 0 aromatic rings. The molecule has 37 heavy (non-hydrogen) atoms. The first-order valence-electron chi connectivity index (χ1n) is 11.1. The fraction of sp³-hybridized carbons (Fsp3) is 0.650. The topological polar surface area (TPSA) is 287 Å². The molecule has 0 spiro atoms. The summed E-state index contributed by atoms with van der Waals surface area (Å²) in [5.41, 5.74) is 5.73. The Morgan fingerprint density at radius 1 is 0.703 bits per heavy atom. The largest absolute Gasteiger partial charge is 0.481 e. The molecular weight excluding hydrogens is 500 g/mol. The summed E-state index contributed by atoms with van der Waals surface area (Å²) in [5, 5.41) is 46.5. The van der Waals surface area contributed by atoms with Crippen LogP contribution in [0.15, 0.2) is 0 Å². The van der Waals surface area contributed by atoms with Gasteiger partial charge < -0.3 is 52.7 Å². The van der Waals surface area contributed by atoms with Crippen molar-refractivity contribution >= 4 is 41.5 Å². The average Bonchev–Trinajstić information content (AvgIpc) is 2.81. The van der Waals surface area contributed by atoms with Gasteiger partial charge in [-0.3, -0.25) is 28.8 Å². The van der Waals surface area contributed by atoms with Crippen LogP contribution in [0.4, 0.5) is 0 Å². The SMILES string of the molecule is CC(C)CC(N)C(=O)NC(CC(=O)O)C(=O)NC(CO)C(=O)NCC(=O)NCC(=O)NC(CO)C(=O)O. The lowest BCUT2D eigenvalue weighted by atomic mass is 10.0. The molecule has 0 bridgehead atoms. The Bertz CT molecular complexity index is 851. The summed E-state index contributed by atoms with van der Waals surface area (Å²) in [6.07, 6.45) is -0.574. The number of hydrogen-bond donors (Lipinski definition) is 10. The first kappa shape index (κ1) is 33.2. The molecule has 0 saturated heterocycles. The van der Waals surface area contributed by atoms with Gasteiger partial charge in [-0.25, -0.2) is 4.79 Å². The number of amides is 5. The van der Waals surface area contributed by atoms with Crippen LogP contribution in [0.5, 0.6) is 0 Å². The smallest absolute Gasteiger partial charge is 0.328 e. The summed E-state index contributed by atoms with van der Waals surface area (Å²) in [4.78, 5) is 82.3. The lowest BCUT2D eigenvalue weighted by molar-refractivity contribution is -0.143. The van der Waals surface area contributed by atoms with Gasteiger partial charge in [0.2, 0.25) is 29.5 Å². The summed E-state index contributed by atoms with van der Waals surface area (Å²) in [6, 6.07) is -5.82. The van der Waals surface area contributed by atoms with E-state index in [1.165, 1.54) is 0 Å². The minimum atomic E-state index is -1.62. The van der Waals surface area contributed by atoms with Crippen LogP contribution >= 0.6 is 0 Å². The van der Waals surface area contributed by atoms with Crippen molar-refractivity contribution in [1.82, 2.24) is 26.6 Å². The van der Waals surface area contributed by atoms with E-state index in [0.717, 1.165) is 0 Å². The van der Waals surface area contributed by atoms with Gasteiger partial charge in [0.25, 0.3) is 0 Å². The molecule has 0 heterocycles. The molecule has 0 saturated carbocycles. The van der Waals surface area contributed by atoms with Gasteiger partial charge in [-0.15, -0.1) is 0 Å². The minimum absolute atomic E-state index is 0.0451. The molecule has 0 aliphatic carbocycles. The fourth-order valence-corrected chi connectivity index (χ4v) is 2.71. The molecule has 0 rings (SSSR count). The quantitative estimate of drug-likeness (QED) is 0.0836. The van der Waals surface area contributed by atoms with Crippen molar-refractivity contribution in [3.8, 4) is 0 Å². The van der Waals surface area contributed by atoms with E-state index in [-0.39, 0.29) is 12.3 Å². The van der Waals surface area contributed by atoms with Gasteiger partial charge in [0.15, 0.2) is 0 Å². The molecule has 4 unspecified atom stereocenters. The minimum Gasteiger partial charge on any atom is -0.481 e. The molecule has 0 aromatic carbocycles. The molecule has 0 aromatic heterocycles. The predicted octanol–water partition coefficient (Wildman–Crippen LogP) is -5.41. The molecule has 0 radical (unpaired) electrons. The molecule has 4 atom stereocenters. The Balaban J connectivity index is 4.89. The highest BCUT2D eigenvalue weighted by molar-refractivity contribution is 5.96. The Morgan fingerprint density at radius 3 is 1.73 bits per heavy atom. The monoisotopic (exact) mass is 534 g/mol. The number of rotatable bonds is 17. The molecule has 0 aliphatic heterocycles. The van der Waals surface area contributed by atoms with Crippen molar-refractivity contribution in [1.29, 1.82) is 0 Å². The predicted molar refractivity (Wildman–Crippen MR) is 123 cm³/mol. The van der Waals surface area contributed by atoms with Crippen molar-refractivity contribution in [2.75, 3.05) is 26.3 Å². The van der Waals surface area contributed by atoms with Gasteiger partial charge in [0.05, 0.1) is 38.8 Å². The number of carboxylic acid groups (broad SMARTS) is 2. The number of carboxylic acids is 2. The van der Waals surface area contributed by atoms with Crippen molar-refractivity contribution in [3.05, 3.63) is 0 Å². The zero-order valence-corrected chi connectivity index (χ0v) is 20.4. The fourth-order valence-electron chi connectivity index (χ4n) is 2.71. The third kappa shape index (κ3) is 13.7. The summed E-state index contributed by atoms with van der Waals surface area (Å²) >= 11 is 0. The first-order chi connectivity index (χ1) is 17.2. The maximum Gasteiger partial charge on any atom is 0.328 e. The summed E-state index contributed by atoms with van der Waals surface area (Å²) in [6.45, 7) is 0.412. The van der Waals surface area contributed by atoms with E-state index >= 15 is 0 Å². The van der Waals surface area contributed by atoms with Gasteiger partial charge in [-0.2, -0.15) is 0 Å². The van der Waals surface area contributed by atoms with Crippen LogP contribution in [0.25, 0.3) is 0 Å². The van der Waals surface area contributed by atoms with Crippen molar-refractivity contribution < 1.29 is 54.0 Å². The highest BCUT2D eigenvalue weighted by Crippen LogP contribution is 2.04. The molecule has 17 nitrogen and oxygen atoms in total. The molecule has 17 heteroatoms. The van der Waals surface area contributed by atoms with E-state index in [1.54, 1.807) is 13.8 Å². The Kier molecular flexibility index (Phi) is 15.0. The van der Waals surface area contributed by atoms with E-state index < -0.39 is 98.4 Å². The van der Waals surface area contributed by atoms with Crippen LogP contribution in [0.2, 0.25) is 0 Å². The normalized spacial score (nSPS) is 13.9. The number of hydrogen-bond acceptors (Lipinski definition) is 10. The highest BCUT2D eigenvalue weighted by Gasteiger charge is 2.30. The molecular formula is C20H34N6O11. The first-order valence-corrected chi connectivity index (χ1v) is 11.1. The van der Waals surface area contributed by atoms with Gasteiger partial charge in [-0.05, 0) is 12.3 Å². The highest BCUT2D eigenvalue weighted by atomic mass is 16.4. The second kappa shape index (κ2) is 16.8. The number of nitrogens with two attached hydrogens (primary N) is 1.